The molecule has 0 amide bonds. The minimum atomic E-state index is 0.305. The summed E-state index contributed by atoms with van der Waals surface area (Å²) < 4.78 is 10.9. The fourth-order valence-electron chi connectivity index (χ4n) is 1.73. The van der Waals surface area contributed by atoms with Crippen LogP contribution in [0.25, 0.3) is 0 Å². The van der Waals surface area contributed by atoms with Crippen molar-refractivity contribution in [2.24, 2.45) is 0 Å². The molecule has 0 aliphatic carbocycles. The monoisotopic (exact) mass is 225 g/mol. The van der Waals surface area contributed by atoms with Gasteiger partial charge in [0.05, 0.1) is 12.5 Å². The van der Waals surface area contributed by atoms with E-state index in [2.05, 4.69) is 29.4 Å². The van der Waals surface area contributed by atoms with Crippen LogP contribution < -0.4 is 5.32 Å². The Bertz CT molecular complexity index is 319. The van der Waals surface area contributed by atoms with Crippen LogP contribution in [0.15, 0.2) is 4.42 Å². The van der Waals surface area contributed by atoms with Crippen LogP contribution in [0.5, 0.6) is 0 Å². The number of hydrogen-bond donors (Lipinski definition) is 1. The summed E-state index contributed by atoms with van der Waals surface area (Å²) in [6.45, 7) is 6.63. The van der Waals surface area contributed by atoms with Gasteiger partial charge in [0, 0.05) is 25.6 Å². The second-order valence-electron chi connectivity index (χ2n) is 4.45. The van der Waals surface area contributed by atoms with E-state index in [1.165, 1.54) is 0 Å². The van der Waals surface area contributed by atoms with E-state index in [4.69, 9.17) is 9.15 Å². The van der Waals surface area contributed by atoms with E-state index >= 15 is 0 Å². The fraction of sp³-hybridized carbons (Fsp3) is 0.818. The average Bonchev–Trinajstić information content (AvgIpc) is 2.85. The zero-order chi connectivity index (χ0) is 11.4. The van der Waals surface area contributed by atoms with Crippen LogP contribution in [0.3, 0.4) is 0 Å². The molecule has 0 aromatic carbocycles. The van der Waals surface area contributed by atoms with Crippen LogP contribution in [0.1, 0.15) is 38.0 Å². The molecule has 16 heavy (non-hydrogen) atoms. The van der Waals surface area contributed by atoms with Crippen molar-refractivity contribution >= 4 is 0 Å². The SMILES string of the molecule is CC(C)NCCc1nnc(C2CCOC2)o1. The molecule has 0 radical (unpaired) electrons. The lowest BCUT2D eigenvalue weighted by Crippen LogP contribution is -2.25. The first-order valence-electron chi connectivity index (χ1n) is 5.89. The molecule has 1 N–H and O–H groups in total. The molecule has 0 spiro atoms. The summed E-state index contributed by atoms with van der Waals surface area (Å²) in [4.78, 5) is 0. The third kappa shape index (κ3) is 3.02. The maximum absolute atomic E-state index is 5.61. The van der Waals surface area contributed by atoms with Crippen molar-refractivity contribution in [3.8, 4) is 0 Å². The zero-order valence-corrected chi connectivity index (χ0v) is 9.90. The Labute approximate surface area is 95.6 Å². The third-order valence-electron chi connectivity index (χ3n) is 2.65. The first kappa shape index (κ1) is 11.5. The molecule has 2 rings (SSSR count). The van der Waals surface area contributed by atoms with Crippen molar-refractivity contribution in [2.75, 3.05) is 19.8 Å². The highest BCUT2D eigenvalue weighted by molar-refractivity contribution is 4.93. The Kier molecular flexibility index (Phi) is 3.90. The Balaban J connectivity index is 1.82. The summed E-state index contributed by atoms with van der Waals surface area (Å²) in [5.74, 6) is 1.76. The van der Waals surface area contributed by atoms with Crippen LogP contribution in [0.2, 0.25) is 0 Å². The van der Waals surface area contributed by atoms with E-state index < -0.39 is 0 Å². The van der Waals surface area contributed by atoms with Gasteiger partial charge in [-0.25, -0.2) is 0 Å². The van der Waals surface area contributed by atoms with Gasteiger partial charge < -0.3 is 14.5 Å². The van der Waals surface area contributed by atoms with Crippen molar-refractivity contribution in [3.63, 3.8) is 0 Å². The summed E-state index contributed by atoms with van der Waals surface area (Å²) in [5.41, 5.74) is 0. The Morgan fingerprint density at radius 2 is 2.31 bits per heavy atom. The largest absolute Gasteiger partial charge is 0.425 e. The van der Waals surface area contributed by atoms with E-state index in [-0.39, 0.29) is 0 Å². The fourth-order valence-corrected chi connectivity index (χ4v) is 1.73. The van der Waals surface area contributed by atoms with E-state index in [1.807, 2.05) is 0 Å². The van der Waals surface area contributed by atoms with Gasteiger partial charge in [-0.1, -0.05) is 13.8 Å². The summed E-state index contributed by atoms with van der Waals surface area (Å²) in [6, 6.07) is 0.491. The lowest BCUT2D eigenvalue weighted by molar-refractivity contribution is 0.190. The molecule has 1 fully saturated rings. The van der Waals surface area contributed by atoms with Gasteiger partial charge in [-0.15, -0.1) is 10.2 Å². The van der Waals surface area contributed by atoms with Crippen LogP contribution in [-0.2, 0) is 11.2 Å². The molecule has 2 heterocycles. The Morgan fingerprint density at radius 3 is 3.00 bits per heavy atom. The first-order chi connectivity index (χ1) is 7.75. The van der Waals surface area contributed by atoms with Crippen molar-refractivity contribution in [2.45, 2.75) is 38.6 Å². The summed E-state index contributed by atoms with van der Waals surface area (Å²) in [6.07, 6.45) is 1.78. The summed E-state index contributed by atoms with van der Waals surface area (Å²) in [5, 5.41) is 11.4. The molecule has 1 saturated heterocycles. The van der Waals surface area contributed by atoms with Crippen LogP contribution >= 0.6 is 0 Å². The predicted octanol–water partition coefficient (Wildman–Crippen LogP) is 1.11. The third-order valence-corrected chi connectivity index (χ3v) is 2.65. The quantitative estimate of drug-likeness (QED) is 0.813. The smallest absolute Gasteiger partial charge is 0.222 e. The molecular formula is C11H19N3O2. The van der Waals surface area contributed by atoms with E-state index in [1.54, 1.807) is 0 Å². The van der Waals surface area contributed by atoms with Crippen molar-refractivity contribution in [1.29, 1.82) is 0 Å². The number of nitrogens with one attached hydrogen (secondary N) is 1. The van der Waals surface area contributed by atoms with Gasteiger partial charge in [0.1, 0.15) is 0 Å². The lowest BCUT2D eigenvalue weighted by atomic mass is 10.1. The Hall–Kier alpha value is -0.940. The van der Waals surface area contributed by atoms with Crippen LogP contribution in [0, 0.1) is 0 Å². The van der Waals surface area contributed by atoms with Crippen LogP contribution in [0.4, 0.5) is 0 Å². The molecule has 1 aliphatic heterocycles. The highest BCUT2D eigenvalue weighted by Crippen LogP contribution is 2.23. The van der Waals surface area contributed by atoms with Gasteiger partial charge in [0.2, 0.25) is 11.8 Å². The summed E-state index contributed by atoms with van der Waals surface area (Å²) in [7, 11) is 0. The molecule has 1 atom stereocenters. The molecular weight excluding hydrogens is 206 g/mol. The first-order valence-corrected chi connectivity index (χ1v) is 5.89. The number of rotatable bonds is 5. The van der Waals surface area contributed by atoms with Gasteiger partial charge in [-0.3, -0.25) is 0 Å². The molecule has 0 bridgehead atoms. The summed E-state index contributed by atoms with van der Waals surface area (Å²) >= 11 is 0. The van der Waals surface area contributed by atoms with Crippen molar-refractivity contribution < 1.29 is 9.15 Å². The van der Waals surface area contributed by atoms with Crippen LogP contribution in [-0.4, -0.2) is 36.0 Å². The topological polar surface area (TPSA) is 60.2 Å². The highest BCUT2D eigenvalue weighted by Gasteiger charge is 2.23. The maximum atomic E-state index is 5.61. The number of aromatic nitrogens is 2. The second-order valence-corrected chi connectivity index (χ2v) is 4.45. The Morgan fingerprint density at radius 1 is 1.44 bits per heavy atom. The normalized spacial score (nSPS) is 20.8. The molecule has 0 saturated carbocycles. The molecule has 1 aromatic heterocycles. The van der Waals surface area contributed by atoms with Crippen molar-refractivity contribution in [1.82, 2.24) is 15.5 Å². The van der Waals surface area contributed by atoms with E-state index in [0.29, 0.717) is 18.6 Å². The molecule has 5 heteroatoms. The van der Waals surface area contributed by atoms with Gasteiger partial charge in [-0.05, 0) is 6.42 Å². The van der Waals surface area contributed by atoms with Crippen molar-refractivity contribution in [3.05, 3.63) is 11.8 Å². The molecule has 1 unspecified atom stereocenters. The molecule has 90 valence electrons. The second kappa shape index (κ2) is 5.41. The molecule has 1 aliphatic rings. The van der Waals surface area contributed by atoms with E-state index in [9.17, 15) is 0 Å². The standard InChI is InChI=1S/C11H19N3O2/c1-8(2)12-5-3-10-13-14-11(16-10)9-4-6-15-7-9/h8-9,12H,3-7H2,1-2H3. The predicted molar refractivity (Wildman–Crippen MR) is 59.3 cm³/mol. The van der Waals surface area contributed by atoms with E-state index in [0.717, 1.165) is 37.8 Å². The van der Waals surface area contributed by atoms with Gasteiger partial charge in [0.25, 0.3) is 0 Å². The highest BCUT2D eigenvalue weighted by atomic mass is 16.5. The minimum Gasteiger partial charge on any atom is -0.425 e. The number of ether oxygens (including phenoxy) is 1. The maximum Gasteiger partial charge on any atom is 0.222 e. The molecule has 1 aromatic rings. The number of hydrogen-bond acceptors (Lipinski definition) is 5. The van der Waals surface area contributed by atoms with Gasteiger partial charge >= 0.3 is 0 Å². The molecule has 5 nitrogen and oxygen atoms in total. The zero-order valence-electron chi connectivity index (χ0n) is 9.90. The number of nitrogens with zero attached hydrogens (tertiary/aromatic N) is 2. The van der Waals surface area contributed by atoms with Gasteiger partial charge in [0.15, 0.2) is 0 Å². The minimum absolute atomic E-state index is 0.305. The average molecular weight is 225 g/mol. The van der Waals surface area contributed by atoms with Gasteiger partial charge in [-0.2, -0.15) is 0 Å². The lowest BCUT2D eigenvalue weighted by Gasteiger charge is -2.05.